The highest BCUT2D eigenvalue weighted by molar-refractivity contribution is 5.81. The van der Waals surface area contributed by atoms with Crippen molar-refractivity contribution in [1.29, 1.82) is 0 Å². The van der Waals surface area contributed by atoms with Gasteiger partial charge in [0.15, 0.2) is 34.8 Å². The summed E-state index contributed by atoms with van der Waals surface area (Å²) in [5, 5.41) is 3.53. The molecule has 0 aliphatic heterocycles. The smallest absolute Gasteiger partial charge is 0.200 e. The van der Waals surface area contributed by atoms with Crippen LogP contribution in [-0.4, -0.2) is 12.8 Å². The van der Waals surface area contributed by atoms with Crippen molar-refractivity contribution in [1.82, 2.24) is 0 Å². The first-order valence-electron chi connectivity index (χ1n) is 9.26. The van der Waals surface area contributed by atoms with E-state index in [2.05, 4.69) is 5.10 Å². The van der Waals surface area contributed by atoms with Gasteiger partial charge in [-0.3, -0.25) is 5.43 Å². The normalized spacial score (nSPS) is 11.1. The van der Waals surface area contributed by atoms with E-state index in [0.29, 0.717) is 29.2 Å². The molecule has 0 spiro atoms. The number of hydrogen-bond acceptors (Lipinski definition) is 4. The fourth-order valence-electron chi connectivity index (χ4n) is 2.65. The standard InChI is InChI=1S/C22H16F6N2O2/c1-2-31-16-9-12(6-7-15(16)32-11-13-4-3-5-14(23)8-13)10-29-30-22-20(27)18(25)17(24)19(26)21(22)28/h3-10,30H,2,11H2,1H3/b29-10-. The van der Waals surface area contributed by atoms with Crippen LogP contribution in [-0.2, 0) is 6.61 Å². The maximum Gasteiger partial charge on any atom is 0.200 e. The van der Waals surface area contributed by atoms with Crippen LogP contribution in [0.5, 0.6) is 11.5 Å². The minimum absolute atomic E-state index is 0.0765. The molecule has 0 fully saturated rings. The number of anilines is 1. The number of nitrogens with one attached hydrogen (secondary N) is 1. The first-order chi connectivity index (χ1) is 15.3. The number of hydrogen-bond donors (Lipinski definition) is 1. The van der Waals surface area contributed by atoms with Gasteiger partial charge < -0.3 is 9.47 Å². The number of benzene rings is 3. The average molecular weight is 454 g/mol. The lowest BCUT2D eigenvalue weighted by molar-refractivity contribution is 0.269. The van der Waals surface area contributed by atoms with E-state index in [0.717, 1.165) is 6.21 Å². The van der Waals surface area contributed by atoms with E-state index in [1.165, 1.54) is 30.3 Å². The lowest BCUT2D eigenvalue weighted by Crippen LogP contribution is -2.06. The van der Waals surface area contributed by atoms with Gasteiger partial charge in [0.1, 0.15) is 18.1 Å². The highest BCUT2D eigenvalue weighted by atomic mass is 19.2. The van der Waals surface area contributed by atoms with Crippen molar-refractivity contribution in [2.24, 2.45) is 5.10 Å². The van der Waals surface area contributed by atoms with E-state index in [9.17, 15) is 26.3 Å². The fourth-order valence-corrected chi connectivity index (χ4v) is 2.65. The van der Waals surface area contributed by atoms with Gasteiger partial charge in [-0.25, -0.2) is 26.3 Å². The summed E-state index contributed by atoms with van der Waals surface area (Å²) in [5.74, 6) is -10.2. The Balaban J connectivity index is 1.76. The number of hydrazone groups is 1. The van der Waals surface area contributed by atoms with Gasteiger partial charge in [-0.2, -0.15) is 5.10 Å². The van der Waals surface area contributed by atoms with Crippen molar-refractivity contribution in [2.75, 3.05) is 12.0 Å². The van der Waals surface area contributed by atoms with Gasteiger partial charge in [0.25, 0.3) is 0 Å². The Morgan fingerprint density at radius 2 is 1.50 bits per heavy atom. The van der Waals surface area contributed by atoms with Crippen LogP contribution in [0.3, 0.4) is 0 Å². The van der Waals surface area contributed by atoms with Gasteiger partial charge in [-0.1, -0.05) is 12.1 Å². The van der Waals surface area contributed by atoms with E-state index in [1.807, 2.05) is 5.43 Å². The molecule has 0 amide bonds. The van der Waals surface area contributed by atoms with E-state index in [4.69, 9.17) is 9.47 Å². The molecule has 0 heterocycles. The quantitative estimate of drug-likeness (QED) is 0.151. The van der Waals surface area contributed by atoms with Gasteiger partial charge in [-0.05, 0) is 48.4 Å². The number of nitrogens with zero attached hydrogens (tertiary/aromatic N) is 1. The minimum Gasteiger partial charge on any atom is -0.490 e. The maximum absolute atomic E-state index is 13.7. The summed E-state index contributed by atoms with van der Waals surface area (Å²) in [6, 6.07) is 10.4. The molecule has 0 aliphatic rings. The highest BCUT2D eigenvalue weighted by Crippen LogP contribution is 2.30. The lowest BCUT2D eigenvalue weighted by atomic mass is 10.2. The summed E-state index contributed by atoms with van der Waals surface area (Å²) in [6.07, 6.45) is 1.09. The van der Waals surface area contributed by atoms with Crippen LogP contribution < -0.4 is 14.9 Å². The monoisotopic (exact) mass is 454 g/mol. The summed E-state index contributed by atoms with van der Waals surface area (Å²) in [4.78, 5) is 0. The lowest BCUT2D eigenvalue weighted by Gasteiger charge is -2.13. The zero-order valence-corrected chi connectivity index (χ0v) is 16.6. The van der Waals surface area contributed by atoms with Crippen LogP contribution in [0.1, 0.15) is 18.1 Å². The molecule has 3 aromatic rings. The molecule has 1 N–H and O–H groups in total. The Morgan fingerprint density at radius 1 is 0.812 bits per heavy atom. The predicted octanol–water partition coefficient (Wildman–Crippen LogP) is 5.94. The topological polar surface area (TPSA) is 42.8 Å². The van der Waals surface area contributed by atoms with E-state index in [-0.39, 0.29) is 6.61 Å². The molecule has 0 unspecified atom stereocenters. The van der Waals surface area contributed by atoms with Crippen molar-refractivity contribution in [3.8, 4) is 11.5 Å². The molecule has 3 aromatic carbocycles. The largest absolute Gasteiger partial charge is 0.490 e. The van der Waals surface area contributed by atoms with Gasteiger partial charge in [0, 0.05) is 0 Å². The third-order valence-corrected chi connectivity index (χ3v) is 4.15. The van der Waals surface area contributed by atoms with Crippen molar-refractivity contribution in [3.05, 3.63) is 88.5 Å². The number of ether oxygens (including phenoxy) is 2. The molecule has 0 atom stereocenters. The second-order valence-electron chi connectivity index (χ2n) is 6.37. The fraction of sp³-hybridized carbons (Fsp3) is 0.136. The van der Waals surface area contributed by atoms with Crippen molar-refractivity contribution < 1.29 is 35.8 Å². The summed E-state index contributed by atoms with van der Waals surface area (Å²) in [6.45, 7) is 2.11. The van der Waals surface area contributed by atoms with Crippen molar-refractivity contribution in [2.45, 2.75) is 13.5 Å². The second-order valence-corrected chi connectivity index (χ2v) is 6.37. The predicted molar refractivity (Wildman–Crippen MR) is 106 cm³/mol. The first kappa shape index (κ1) is 23.0. The van der Waals surface area contributed by atoms with Crippen LogP contribution >= 0.6 is 0 Å². The molecule has 0 bridgehead atoms. The van der Waals surface area contributed by atoms with Gasteiger partial charge in [0.2, 0.25) is 5.82 Å². The molecule has 3 rings (SSSR count). The first-order valence-corrected chi connectivity index (χ1v) is 9.26. The molecule has 0 saturated heterocycles. The SMILES string of the molecule is CCOc1cc(/C=N\Nc2c(F)c(F)c(F)c(F)c2F)ccc1OCc1cccc(F)c1. The third-order valence-electron chi connectivity index (χ3n) is 4.15. The molecule has 4 nitrogen and oxygen atoms in total. The molecule has 0 aromatic heterocycles. The Hall–Kier alpha value is -3.69. The Kier molecular flexibility index (Phi) is 7.24. The molecule has 0 aliphatic carbocycles. The van der Waals surface area contributed by atoms with Gasteiger partial charge in [-0.15, -0.1) is 0 Å². The molecular formula is C22H16F6N2O2. The van der Waals surface area contributed by atoms with E-state index >= 15 is 0 Å². The summed E-state index contributed by atoms with van der Waals surface area (Å²) >= 11 is 0. The average Bonchev–Trinajstić information content (AvgIpc) is 2.78. The van der Waals surface area contributed by atoms with Crippen molar-refractivity contribution >= 4 is 11.9 Å². The van der Waals surface area contributed by atoms with Crippen LogP contribution in [0.4, 0.5) is 32.0 Å². The van der Waals surface area contributed by atoms with Crippen LogP contribution in [0, 0.1) is 34.9 Å². The van der Waals surface area contributed by atoms with Crippen molar-refractivity contribution in [3.63, 3.8) is 0 Å². The third kappa shape index (κ3) is 5.13. The Bertz CT molecular complexity index is 1120. The molecule has 10 heteroatoms. The maximum atomic E-state index is 13.7. The zero-order chi connectivity index (χ0) is 23.3. The number of halogens is 6. The molecular weight excluding hydrogens is 438 g/mol. The van der Waals surface area contributed by atoms with Crippen LogP contribution in [0.2, 0.25) is 0 Å². The molecule has 0 radical (unpaired) electrons. The van der Waals surface area contributed by atoms with Gasteiger partial charge >= 0.3 is 0 Å². The van der Waals surface area contributed by atoms with Crippen LogP contribution in [0.15, 0.2) is 47.6 Å². The second kappa shape index (κ2) is 10.1. The summed E-state index contributed by atoms with van der Waals surface area (Å²) in [5.41, 5.74) is 1.52. The molecule has 168 valence electrons. The Morgan fingerprint density at radius 3 is 2.16 bits per heavy atom. The highest BCUT2D eigenvalue weighted by Gasteiger charge is 2.25. The molecule has 32 heavy (non-hydrogen) atoms. The van der Waals surface area contributed by atoms with Gasteiger partial charge in [0.05, 0.1) is 12.8 Å². The zero-order valence-electron chi connectivity index (χ0n) is 16.6. The summed E-state index contributed by atoms with van der Waals surface area (Å²) < 4.78 is 91.4. The van der Waals surface area contributed by atoms with E-state index in [1.54, 1.807) is 19.1 Å². The molecule has 0 saturated carbocycles. The Labute approximate surface area is 179 Å². The minimum atomic E-state index is -2.26. The van der Waals surface area contributed by atoms with E-state index < -0.39 is 40.6 Å². The van der Waals surface area contributed by atoms with Crippen LogP contribution in [0.25, 0.3) is 0 Å². The summed E-state index contributed by atoms with van der Waals surface area (Å²) in [7, 11) is 0. The number of rotatable bonds is 8.